The quantitative estimate of drug-likeness (QED) is 0.526. The van der Waals surface area contributed by atoms with Gasteiger partial charge in [0.25, 0.3) is 0 Å². The van der Waals surface area contributed by atoms with Gasteiger partial charge in [-0.05, 0) is 72.0 Å². The number of carbonyl (C=O) groups excluding carboxylic acids is 2. The number of methoxy groups -OCH3 is 2. The van der Waals surface area contributed by atoms with Crippen LogP contribution < -0.4 is 20.1 Å². The van der Waals surface area contributed by atoms with Gasteiger partial charge >= 0.3 is 6.03 Å². The van der Waals surface area contributed by atoms with E-state index in [9.17, 15) is 14.0 Å². The molecular weight excluding hydrogens is 463 g/mol. The van der Waals surface area contributed by atoms with Gasteiger partial charge in [0, 0.05) is 25.5 Å². The first-order valence-corrected chi connectivity index (χ1v) is 11.6. The maximum absolute atomic E-state index is 13.7. The molecule has 36 heavy (non-hydrogen) atoms. The summed E-state index contributed by atoms with van der Waals surface area (Å²) < 4.78 is 24.7. The largest absolute Gasteiger partial charge is 0.493 e. The Labute approximate surface area is 209 Å². The Morgan fingerprint density at radius 2 is 1.75 bits per heavy atom. The van der Waals surface area contributed by atoms with Crippen molar-refractivity contribution in [2.24, 2.45) is 0 Å². The van der Waals surface area contributed by atoms with Gasteiger partial charge in [0.05, 0.1) is 20.3 Å². The second-order valence-electron chi connectivity index (χ2n) is 8.55. The fraction of sp³-hybridized carbons (Fsp3) is 0.296. The van der Waals surface area contributed by atoms with Crippen molar-refractivity contribution >= 4 is 11.9 Å². The minimum atomic E-state index is -0.764. The molecule has 1 aliphatic heterocycles. The number of pyridine rings is 1. The molecule has 2 aromatic carbocycles. The highest BCUT2D eigenvalue weighted by atomic mass is 19.1. The van der Waals surface area contributed by atoms with Crippen molar-refractivity contribution in [3.8, 4) is 11.5 Å². The van der Waals surface area contributed by atoms with E-state index in [0.29, 0.717) is 31.0 Å². The highest BCUT2D eigenvalue weighted by Gasteiger charge is 2.34. The topological polar surface area (TPSA) is 92.8 Å². The van der Waals surface area contributed by atoms with Crippen LogP contribution in [0.15, 0.2) is 60.9 Å². The Morgan fingerprint density at radius 3 is 2.42 bits per heavy atom. The van der Waals surface area contributed by atoms with E-state index in [1.807, 2.05) is 24.3 Å². The molecule has 9 heteroatoms. The van der Waals surface area contributed by atoms with E-state index in [0.717, 1.165) is 22.3 Å². The minimum absolute atomic E-state index is 0.303. The molecule has 1 aromatic heterocycles. The summed E-state index contributed by atoms with van der Waals surface area (Å²) in [5, 5.41) is 5.64. The maximum atomic E-state index is 13.7. The predicted octanol–water partition coefficient (Wildman–Crippen LogP) is 3.60. The van der Waals surface area contributed by atoms with Crippen molar-refractivity contribution in [1.29, 1.82) is 0 Å². The zero-order chi connectivity index (χ0) is 25.7. The third kappa shape index (κ3) is 5.40. The number of hydrogen-bond donors (Lipinski definition) is 2. The van der Waals surface area contributed by atoms with E-state index in [1.54, 1.807) is 50.6 Å². The fourth-order valence-electron chi connectivity index (χ4n) is 4.35. The van der Waals surface area contributed by atoms with Gasteiger partial charge in [-0.1, -0.05) is 12.1 Å². The molecule has 3 aromatic rings. The first-order valence-electron chi connectivity index (χ1n) is 11.6. The van der Waals surface area contributed by atoms with Gasteiger partial charge in [-0.3, -0.25) is 9.78 Å². The van der Waals surface area contributed by atoms with Crippen LogP contribution in [0.3, 0.4) is 0 Å². The van der Waals surface area contributed by atoms with E-state index in [2.05, 4.69) is 15.6 Å². The normalized spacial score (nSPS) is 15.4. The number of urea groups is 1. The van der Waals surface area contributed by atoms with Crippen molar-refractivity contribution in [3.63, 3.8) is 0 Å². The molecule has 0 saturated heterocycles. The average molecular weight is 493 g/mol. The van der Waals surface area contributed by atoms with Gasteiger partial charge in [-0.2, -0.15) is 0 Å². The van der Waals surface area contributed by atoms with Crippen LogP contribution in [0.2, 0.25) is 0 Å². The number of ether oxygens (including phenoxy) is 2. The summed E-state index contributed by atoms with van der Waals surface area (Å²) in [5.74, 6) is 0.473. The third-order valence-electron chi connectivity index (χ3n) is 6.27. The molecule has 0 spiro atoms. The van der Waals surface area contributed by atoms with E-state index in [4.69, 9.17) is 9.47 Å². The second kappa shape index (κ2) is 11.1. The standard InChI is InChI=1S/C27H29FN4O4/c1-17(26(33)30-16-18-8-11-29-12-9-18)31-27(34)32-13-10-20-14-23(35-2)24(36-3)15-22(20)25(32)19-4-6-21(28)7-5-19/h4-9,11-12,14-15,17,25H,10,13,16H2,1-3H3,(H,30,33)(H,31,34)/t17-,25-/m0/s1. The number of fused-ring (bicyclic) bond motifs is 1. The molecule has 0 radical (unpaired) electrons. The van der Waals surface area contributed by atoms with Crippen LogP contribution >= 0.6 is 0 Å². The first-order chi connectivity index (χ1) is 17.4. The predicted molar refractivity (Wildman–Crippen MR) is 132 cm³/mol. The first kappa shape index (κ1) is 25.0. The summed E-state index contributed by atoms with van der Waals surface area (Å²) in [4.78, 5) is 31.7. The number of hydrogen-bond acceptors (Lipinski definition) is 5. The van der Waals surface area contributed by atoms with E-state index in [1.165, 1.54) is 12.1 Å². The van der Waals surface area contributed by atoms with Crippen LogP contribution in [0.1, 0.15) is 35.2 Å². The summed E-state index contributed by atoms with van der Waals surface area (Å²) in [6, 6.07) is 11.8. The van der Waals surface area contributed by atoms with Crippen LogP contribution in [0.25, 0.3) is 0 Å². The number of amides is 3. The summed E-state index contributed by atoms with van der Waals surface area (Å²) in [6.45, 7) is 2.37. The summed E-state index contributed by atoms with van der Waals surface area (Å²) >= 11 is 0. The highest BCUT2D eigenvalue weighted by molar-refractivity contribution is 5.87. The van der Waals surface area contributed by atoms with E-state index in [-0.39, 0.29) is 11.7 Å². The van der Waals surface area contributed by atoms with Crippen molar-refractivity contribution in [1.82, 2.24) is 20.5 Å². The summed E-state index contributed by atoms with van der Waals surface area (Å²) in [6.07, 6.45) is 3.89. The molecular formula is C27H29FN4O4. The lowest BCUT2D eigenvalue weighted by molar-refractivity contribution is -0.122. The number of benzene rings is 2. The van der Waals surface area contributed by atoms with Crippen LogP contribution in [-0.2, 0) is 17.8 Å². The Balaban J connectivity index is 1.57. The molecule has 8 nitrogen and oxygen atoms in total. The van der Waals surface area contributed by atoms with Crippen molar-refractivity contribution in [3.05, 3.63) is 89.0 Å². The van der Waals surface area contributed by atoms with Crippen LogP contribution in [0, 0.1) is 5.82 Å². The SMILES string of the molecule is COc1cc2c(cc1OC)[C@H](c1ccc(F)cc1)N(C(=O)N[C@@H](C)C(=O)NCc1ccncc1)CC2. The molecule has 2 atom stereocenters. The van der Waals surface area contributed by atoms with Gasteiger partial charge < -0.3 is 25.0 Å². The molecule has 188 valence electrons. The molecule has 0 unspecified atom stereocenters. The monoisotopic (exact) mass is 492 g/mol. The smallest absolute Gasteiger partial charge is 0.318 e. The van der Waals surface area contributed by atoms with E-state index >= 15 is 0 Å². The lowest BCUT2D eigenvalue weighted by Gasteiger charge is -2.38. The molecule has 2 N–H and O–H groups in total. The number of rotatable bonds is 7. The molecule has 1 aliphatic rings. The highest BCUT2D eigenvalue weighted by Crippen LogP contribution is 2.41. The number of nitrogens with one attached hydrogen (secondary N) is 2. The molecule has 0 bridgehead atoms. The van der Waals surface area contributed by atoms with Gasteiger partial charge in [-0.15, -0.1) is 0 Å². The fourth-order valence-corrected chi connectivity index (χ4v) is 4.35. The molecule has 3 amide bonds. The average Bonchev–Trinajstić information content (AvgIpc) is 2.91. The molecule has 0 saturated carbocycles. The van der Waals surface area contributed by atoms with Crippen LogP contribution in [0.4, 0.5) is 9.18 Å². The van der Waals surface area contributed by atoms with E-state index < -0.39 is 18.1 Å². The van der Waals surface area contributed by atoms with Crippen molar-refractivity contribution in [2.75, 3.05) is 20.8 Å². The summed E-state index contributed by atoms with van der Waals surface area (Å²) in [5.41, 5.74) is 3.52. The molecule has 0 fully saturated rings. The Kier molecular flexibility index (Phi) is 7.68. The number of halogens is 1. The van der Waals surface area contributed by atoms with Gasteiger partial charge in [0.15, 0.2) is 11.5 Å². The minimum Gasteiger partial charge on any atom is -0.493 e. The second-order valence-corrected chi connectivity index (χ2v) is 8.55. The maximum Gasteiger partial charge on any atom is 0.318 e. The Bertz CT molecular complexity index is 1220. The van der Waals surface area contributed by atoms with Gasteiger partial charge in [0.1, 0.15) is 11.9 Å². The molecule has 2 heterocycles. The lowest BCUT2D eigenvalue weighted by atomic mass is 9.88. The van der Waals surface area contributed by atoms with Crippen LogP contribution in [0.5, 0.6) is 11.5 Å². The van der Waals surface area contributed by atoms with Gasteiger partial charge in [0.2, 0.25) is 5.91 Å². The molecule has 0 aliphatic carbocycles. The zero-order valence-corrected chi connectivity index (χ0v) is 20.5. The Morgan fingerprint density at radius 1 is 1.08 bits per heavy atom. The molecule has 4 rings (SSSR count). The van der Waals surface area contributed by atoms with Crippen molar-refractivity contribution < 1.29 is 23.5 Å². The number of aromatic nitrogens is 1. The lowest BCUT2D eigenvalue weighted by Crippen LogP contribution is -2.52. The third-order valence-corrected chi connectivity index (χ3v) is 6.27. The number of carbonyl (C=O) groups is 2. The van der Waals surface area contributed by atoms with Gasteiger partial charge in [-0.25, -0.2) is 9.18 Å². The summed E-state index contributed by atoms with van der Waals surface area (Å²) in [7, 11) is 3.13. The van der Waals surface area contributed by atoms with Crippen molar-refractivity contribution in [2.45, 2.75) is 32.0 Å². The Hall–Kier alpha value is -4.14. The van der Waals surface area contributed by atoms with Crippen LogP contribution in [-0.4, -0.2) is 48.6 Å². The zero-order valence-electron chi connectivity index (χ0n) is 20.5. The number of nitrogens with zero attached hydrogens (tertiary/aromatic N) is 2.